The van der Waals surface area contributed by atoms with Gasteiger partial charge in [-0.3, -0.25) is 9.67 Å². The van der Waals surface area contributed by atoms with Gasteiger partial charge in [0.25, 0.3) is 0 Å². The molecule has 0 atom stereocenters. The molecule has 0 saturated carbocycles. The molecule has 0 amide bonds. The Bertz CT molecular complexity index is 465. The molecule has 0 aliphatic heterocycles. The second kappa shape index (κ2) is 5.40. The van der Waals surface area contributed by atoms with Crippen LogP contribution in [0.3, 0.4) is 0 Å². The summed E-state index contributed by atoms with van der Waals surface area (Å²) < 4.78 is 7.15. The topological polar surface area (TPSA) is 64.9 Å². The fraction of sp³-hybridized carbons (Fsp3) is 0.364. The van der Waals surface area contributed by atoms with Gasteiger partial charge in [0.15, 0.2) is 5.75 Å². The van der Waals surface area contributed by atoms with Crippen LogP contribution in [0, 0.1) is 0 Å². The van der Waals surface area contributed by atoms with Crippen molar-refractivity contribution >= 4 is 0 Å². The first-order valence-corrected chi connectivity index (χ1v) is 5.46. The van der Waals surface area contributed by atoms with E-state index in [1.807, 2.05) is 14.0 Å². The molecule has 0 aliphatic rings. The second-order valence-corrected chi connectivity index (χ2v) is 3.58. The van der Waals surface area contributed by atoms with Crippen LogP contribution < -0.4 is 10.1 Å². The molecule has 2 aromatic heterocycles. The third kappa shape index (κ3) is 3.25. The molecular formula is C11H15N5O. The van der Waals surface area contributed by atoms with Gasteiger partial charge in [-0.15, -0.1) is 0 Å². The Kier molecular flexibility index (Phi) is 3.66. The average Bonchev–Trinajstić information content (AvgIpc) is 2.74. The molecule has 0 spiro atoms. The predicted octanol–water partition coefficient (Wildman–Crippen LogP) is 1.11. The number of rotatable bonds is 5. The zero-order chi connectivity index (χ0) is 12.1. The first-order valence-electron chi connectivity index (χ1n) is 5.46. The Morgan fingerprint density at radius 3 is 2.76 bits per heavy atom. The summed E-state index contributed by atoms with van der Waals surface area (Å²) in [4.78, 5) is 8.42. The summed E-state index contributed by atoms with van der Waals surface area (Å²) >= 11 is 0. The van der Waals surface area contributed by atoms with E-state index in [2.05, 4.69) is 20.4 Å². The van der Waals surface area contributed by atoms with Crippen molar-refractivity contribution < 1.29 is 4.74 Å². The van der Waals surface area contributed by atoms with Crippen LogP contribution in [0.5, 0.6) is 11.6 Å². The molecular weight excluding hydrogens is 218 g/mol. The quantitative estimate of drug-likeness (QED) is 0.838. The van der Waals surface area contributed by atoms with Crippen LogP contribution in [-0.2, 0) is 13.6 Å². The molecule has 0 bridgehead atoms. The highest BCUT2D eigenvalue weighted by Crippen LogP contribution is 2.16. The van der Waals surface area contributed by atoms with Gasteiger partial charge in [0.2, 0.25) is 5.88 Å². The molecule has 1 N–H and O–H groups in total. The van der Waals surface area contributed by atoms with Crippen molar-refractivity contribution in [1.82, 2.24) is 25.1 Å². The minimum absolute atomic E-state index is 0.471. The summed E-state index contributed by atoms with van der Waals surface area (Å²) in [5, 5.41) is 7.18. The molecule has 90 valence electrons. The van der Waals surface area contributed by atoms with Crippen molar-refractivity contribution in [3.8, 4) is 11.6 Å². The van der Waals surface area contributed by atoms with Gasteiger partial charge in [0, 0.05) is 13.6 Å². The molecule has 6 nitrogen and oxygen atoms in total. The van der Waals surface area contributed by atoms with Crippen LogP contribution in [0.15, 0.2) is 24.8 Å². The summed E-state index contributed by atoms with van der Waals surface area (Å²) in [6.07, 6.45) is 6.72. The molecule has 2 rings (SSSR count). The molecule has 0 unspecified atom stereocenters. The molecule has 0 fully saturated rings. The standard InChI is InChI=1S/C11H15N5O/c1-3-12-4-9-5-14-11(7-13-9)17-10-6-15-16(2)8-10/h5-8,12H,3-4H2,1-2H3. The Morgan fingerprint density at radius 1 is 1.29 bits per heavy atom. The number of nitrogens with one attached hydrogen (secondary N) is 1. The van der Waals surface area contributed by atoms with Crippen molar-refractivity contribution in [3.05, 3.63) is 30.5 Å². The van der Waals surface area contributed by atoms with E-state index in [0.29, 0.717) is 11.6 Å². The van der Waals surface area contributed by atoms with Crippen molar-refractivity contribution in [3.63, 3.8) is 0 Å². The zero-order valence-corrected chi connectivity index (χ0v) is 9.92. The molecule has 0 aromatic carbocycles. The van der Waals surface area contributed by atoms with Gasteiger partial charge in [0.05, 0.1) is 30.5 Å². The fourth-order valence-corrected chi connectivity index (χ4v) is 1.31. The fourth-order valence-electron chi connectivity index (χ4n) is 1.31. The Labute approximate surface area is 99.7 Å². The van der Waals surface area contributed by atoms with E-state index in [9.17, 15) is 0 Å². The van der Waals surface area contributed by atoms with Gasteiger partial charge in [-0.05, 0) is 6.54 Å². The SMILES string of the molecule is CCNCc1cnc(Oc2cnn(C)c2)cn1. The summed E-state index contributed by atoms with van der Waals surface area (Å²) in [6.45, 7) is 3.68. The van der Waals surface area contributed by atoms with E-state index in [1.54, 1.807) is 29.5 Å². The lowest BCUT2D eigenvalue weighted by atomic mass is 10.4. The maximum Gasteiger partial charge on any atom is 0.238 e. The first kappa shape index (κ1) is 11.5. The monoisotopic (exact) mass is 233 g/mol. The number of hydrogen-bond donors (Lipinski definition) is 1. The maximum atomic E-state index is 5.48. The lowest BCUT2D eigenvalue weighted by Gasteiger charge is -2.03. The number of aromatic nitrogens is 4. The van der Waals surface area contributed by atoms with Crippen molar-refractivity contribution in [1.29, 1.82) is 0 Å². The first-order chi connectivity index (χ1) is 8.28. The number of aryl methyl sites for hydroxylation is 1. The average molecular weight is 233 g/mol. The van der Waals surface area contributed by atoms with Crippen LogP contribution in [0.1, 0.15) is 12.6 Å². The van der Waals surface area contributed by atoms with Gasteiger partial charge in [-0.1, -0.05) is 6.92 Å². The number of nitrogens with zero attached hydrogens (tertiary/aromatic N) is 4. The van der Waals surface area contributed by atoms with Crippen LogP contribution >= 0.6 is 0 Å². The van der Waals surface area contributed by atoms with E-state index < -0.39 is 0 Å². The third-order valence-corrected chi connectivity index (χ3v) is 2.14. The van der Waals surface area contributed by atoms with E-state index in [-0.39, 0.29) is 0 Å². The van der Waals surface area contributed by atoms with E-state index in [4.69, 9.17) is 4.74 Å². The minimum atomic E-state index is 0.471. The summed E-state index contributed by atoms with van der Waals surface area (Å²) in [7, 11) is 1.83. The lowest BCUT2D eigenvalue weighted by Crippen LogP contribution is -2.13. The van der Waals surface area contributed by atoms with Crippen molar-refractivity contribution in [2.45, 2.75) is 13.5 Å². The Balaban J connectivity index is 1.98. The summed E-state index contributed by atoms with van der Waals surface area (Å²) in [6, 6.07) is 0. The predicted molar refractivity (Wildman–Crippen MR) is 62.7 cm³/mol. The Morgan fingerprint density at radius 2 is 2.18 bits per heavy atom. The highest BCUT2D eigenvalue weighted by Gasteiger charge is 2.01. The van der Waals surface area contributed by atoms with Crippen molar-refractivity contribution in [2.24, 2.45) is 7.05 Å². The second-order valence-electron chi connectivity index (χ2n) is 3.58. The van der Waals surface area contributed by atoms with E-state index in [1.165, 1.54) is 0 Å². The molecule has 2 aromatic rings. The molecule has 0 saturated heterocycles. The zero-order valence-electron chi connectivity index (χ0n) is 9.92. The largest absolute Gasteiger partial charge is 0.434 e. The van der Waals surface area contributed by atoms with Crippen LogP contribution in [-0.4, -0.2) is 26.3 Å². The summed E-state index contributed by atoms with van der Waals surface area (Å²) in [5.74, 6) is 1.12. The normalized spacial score (nSPS) is 10.5. The number of ether oxygens (including phenoxy) is 1. The highest BCUT2D eigenvalue weighted by atomic mass is 16.5. The van der Waals surface area contributed by atoms with E-state index >= 15 is 0 Å². The molecule has 0 aliphatic carbocycles. The van der Waals surface area contributed by atoms with Crippen LogP contribution in [0.4, 0.5) is 0 Å². The molecule has 6 heteroatoms. The highest BCUT2D eigenvalue weighted by molar-refractivity contribution is 5.19. The third-order valence-electron chi connectivity index (χ3n) is 2.14. The van der Waals surface area contributed by atoms with Gasteiger partial charge in [0.1, 0.15) is 0 Å². The number of hydrogen-bond acceptors (Lipinski definition) is 5. The van der Waals surface area contributed by atoms with Gasteiger partial charge in [-0.2, -0.15) is 5.10 Å². The minimum Gasteiger partial charge on any atom is -0.434 e. The van der Waals surface area contributed by atoms with Gasteiger partial charge < -0.3 is 10.1 Å². The molecule has 2 heterocycles. The smallest absolute Gasteiger partial charge is 0.238 e. The molecule has 17 heavy (non-hydrogen) atoms. The summed E-state index contributed by atoms with van der Waals surface area (Å²) in [5.41, 5.74) is 0.894. The molecule has 0 radical (unpaired) electrons. The van der Waals surface area contributed by atoms with E-state index in [0.717, 1.165) is 18.8 Å². The van der Waals surface area contributed by atoms with Crippen LogP contribution in [0.25, 0.3) is 0 Å². The van der Waals surface area contributed by atoms with Gasteiger partial charge in [-0.25, -0.2) is 4.98 Å². The van der Waals surface area contributed by atoms with Crippen molar-refractivity contribution in [2.75, 3.05) is 6.54 Å². The Hall–Kier alpha value is -1.95. The van der Waals surface area contributed by atoms with Gasteiger partial charge >= 0.3 is 0 Å². The van der Waals surface area contributed by atoms with Crippen LogP contribution in [0.2, 0.25) is 0 Å². The lowest BCUT2D eigenvalue weighted by molar-refractivity contribution is 0.458. The maximum absolute atomic E-state index is 5.48.